The second-order valence-corrected chi connectivity index (χ2v) is 5.38. The number of aryl methyl sites for hydroxylation is 2. The minimum absolute atomic E-state index is 0.586. The molecule has 0 bridgehead atoms. The van der Waals surface area contributed by atoms with Crippen molar-refractivity contribution < 1.29 is 4.74 Å². The van der Waals surface area contributed by atoms with E-state index >= 15 is 0 Å². The molecule has 0 aliphatic rings. The largest absolute Gasteiger partial charge is 0.487 e. The fourth-order valence-corrected chi connectivity index (χ4v) is 2.11. The van der Waals surface area contributed by atoms with Gasteiger partial charge >= 0.3 is 0 Å². The molecule has 0 radical (unpaired) electrons. The highest BCUT2D eigenvalue weighted by atomic mass is 16.5. The average molecular weight is 284 g/mol. The molecule has 1 aromatic heterocycles. The Labute approximate surface area is 127 Å². The molecule has 0 saturated heterocycles. The molecule has 0 unspecified atom stereocenters. The van der Waals surface area contributed by atoms with Gasteiger partial charge in [-0.2, -0.15) is 0 Å². The van der Waals surface area contributed by atoms with E-state index in [-0.39, 0.29) is 0 Å². The molecule has 0 saturated carbocycles. The molecule has 0 aliphatic heterocycles. The van der Waals surface area contributed by atoms with Crippen LogP contribution >= 0.6 is 0 Å². The Morgan fingerprint density at radius 3 is 2.71 bits per heavy atom. The lowest BCUT2D eigenvalue weighted by Gasteiger charge is -2.10. The highest BCUT2D eigenvalue weighted by Crippen LogP contribution is 2.15. The van der Waals surface area contributed by atoms with Crippen LogP contribution in [0, 0.1) is 13.8 Å². The van der Waals surface area contributed by atoms with E-state index in [0.29, 0.717) is 6.61 Å². The van der Waals surface area contributed by atoms with Gasteiger partial charge in [-0.25, -0.2) is 0 Å². The minimum atomic E-state index is 0.586. The van der Waals surface area contributed by atoms with Gasteiger partial charge in [0, 0.05) is 6.54 Å². The number of ether oxygens (including phenoxy) is 1. The summed E-state index contributed by atoms with van der Waals surface area (Å²) < 4.78 is 5.83. The zero-order chi connectivity index (χ0) is 15.1. The van der Waals surface area contributed by atoms with E-state index in [1.54, 1.807) is 6.20 Å². The lowest BCUT2D eigenvalue weighted by Crippen LogP contribution is -2.14. The number of benzene rings is 1. The van der Waals surface area contributed by atoms with Gasteiger partial charge in [0.15, 0.2) is 0 Å². The fraction of sp³-hybridized carbons (Fsp3) is 0.389. The Balaban J connectivity index is 1.90. The van der Waals surface area contributed by atoms with Crippen LogP contribution in [0.25, 0.3) is 0 Å². The van der Waals surface area contributed by atoms with E-state index in [9.17, 15) is 0 Å². The van der Waals surface area contributed by atoms with Crippen molar-refractivity contribution in [3.63, 3.8) is 0 Å². The molecule has 1 N–H and O–H groups in total. The van der Waals surface area contributed by atoms with Crippen LogP contribution in [0.1, 0.15) is 35.7 Å². The third-order valence-corrected chi connectivity index (χ3v) is 3.43. The van der Waals surface area contributed by atoms with Crippen LogP contribution in [0.4, 0.5) is 0 Å². The van der Waals surface area contributed by atoms with E-state index in [0.717, 1.165) is 31.0 Å². The number of nitrogens with one attached hydrogen (secondary N) is 1. The fourth-order valence-electron chi connectivity index (χ4n) is 2.11. The molecule has 21 heavy (non-hydrogen) atoms. The summed E-state index contributed by atoms with van der Waals surface area (Å²) in [4.78, 5) is 4.42. The second-order valence-electron chi connectivity index (χ2n) is 5.38. The SMILES string of the molecule is CCCNCc1ccc(OCc2cc(C)ccc2C)cn1. The standard InChI is InChI=1S/C18H24N2O/c1-4-9-19-11-17-7-8-18(12-20-17)21-13-16-10-14(2)5-6-15(16)3/h5-8,10,12,19H,4,9,11,13H2,1-3H3. The first kappa shape index (κ1) is 15.5. The third-order valence-electron chi connectivity index (χ3n) is 3.43. The maximum Gasteiger partial charge on any atom is 0.138 e. The van der Waals surface area contributed by atoms with Gasteiger partial charge in [-0.05, 0) is 50.1 Å². The summed E-state index contributed by atoms with van der Waals surface area (Å²) in [6.45, 7) is 8.78. The number of pyridine rings is 1. The lowest BCUT2D eigenvalue weighted by molar-refractivity contribution is 0.304. The second kappa shape index (κ2) is 7.79. The predicted molar refractivity (Wildman–Crippen MR) is 86.5 cm³/mol. The highest BCUT2D eigenvalue weighted by Gasteiger charge is 2.01. The van der Waals surface area contributed by atoms with Gasteiger partial charge in [-0.1, -0.05) is 30.7 Å². The Hall–Kier alpha value is -1.87. The molecular formula is C18H24N2O. The van der Waals surface area contributed by atoms with Crippen molar-refractivity contribution in [1.82, 2.24) is 10.3 Å². The quantitative estimate of drug-likeness (QED) is 0.786. The molecule has 1 aromatic carbocycles. The molecule has 0 aliphatic carbocycles. The van der Waals surface area contributed by atoms with Crippen molar-refractivity contribution in [3.05, 3.63) is 58.9 Å². The maximum atomic E-state index is 5.83. The summed E-state index contributed by atoms with van der Waals surface area (Å²) in [6.07, 6.45) is 2.94. The zero-order valence-electron chi connectivity index (χ0n) is 13.1. The van der Waals surface area contributed by atoms with Crippen LogP contribution in [0.5, 0.6) is 5.75 Å². The summed E-state index contributed by atoms with van der Waals surface area (Å²) in [6, 6.07) is 10.4. The van der Waals surface area contributed by atoms with Crippen molar-refractivity contribution in [2.45, 2.75) is 40.3 Å². The number of aromatic nitrogens is 1. The predicted octanol–water partition coefficient (Wildman–Crippen LogP) is 3.78. The van der Waals surface area contributed by atoms with Crippen molar-refractivity contribution in [1.29, 1.82) is 0 Å². The van der Waals surface area contributed by atoms with Crippen molar-refractivity contribution in [3.8, 4) is 5.75 Å². The molecule has 0 spiro atoms. The third kappa shape index (κ3) is 4.87. The van der Waals surface area contributed by atoms with E-state index in [4.69, 9.17) is 4.74 Å². The maximum absolute atomic E-state index is 5.83. The topological polar surface area (TPSA) is 34.1 Å². The van der Waals surface area contributed by atoms with E-state index in [1.807, 2.05) is 12.1 Å². The molecule has 112 valence electrons. The molecular weight excluding hydrogens is 260 g/mol. The normalized spacial score (nSPS) is 10.6. The lowest BCUT2D eigenvalue weighted by atomic mass is 10.1. The van der Waals surface area contributed by atoms with Crippen molar-refractivity contribution in [2.75, 3.05) is 6.54 Å². The molecule has 2 aromatic rings. The Morgan fingerprint density at radius 2 is 2.00 bits per heavy atom. The summed E-state index contributed by atoms with van der Waals surface area (Å²) in [5.41, 5.74) is 4.79. The van der Waals surface area contributed by atoms with Gasteiger partial charge in [0.2, 0.25) is 0 Å². The molecule has 2 rings (SSSR count). The Morgan fingerprint density at radius 1 is 1.14 bits per heavy atom. The highest BCUT2D eigenvalue weighted by molar-refractivity contribution is 5.30. The van der Waals surface area contributed by atoms with Gasteiger partial charge in [0.05, 0.1) is 11.9 Å². The van der Waals surface area contributed by atoms with Gasteiger partial charge in [-0.15, -0.1) is 0 Å². The summed E-state index contributed by atoms with van der Waals surface area (Å²) >= 11 is 0. The van der Waals surface area contributed by atoms with E-state index in [1.165, 1.54) is 16.7 Å². The number of hydrogen-bond donors (Lipinski definition) is 1. The van der Waals surface area contributed by atoms with Crippen LogP contribution in [-0.4, -0.2) is 11.5 Å². The summed E-state index contributed by atoms with van der Waals surface area (Å²) in [5.74, 6) is 0.815. The van der Waals surface area contributed by atoms with Crippen molar-refractivity contribution in [2.24, 2.45) is 0 Å². The molecule has 0 atom stereocenters. The summed E-state index contributed by atoms with van der Waals surface area (Å²) in [7, 11) is 0. The van der Waals surface area contributed by atoms with Crippen LogP contribution < -0.4 is 10.1 Å². The molecule has 0 fully saturated rings. The van der Waals surface area contributed by atoms with Gasteiger partial charge in [0.1, 0.15) is 12.4 Å². The van der Waals surface area contributed by atoms with Crippen LogP contribution in [0.2, 0.25) is 0 Å². The van der Waals surface area contributed by atoms with Crippen LogP contribution in [-0.2, 0) is 13.2 Å². The van der Waals surface area contributed by atoms with Crippen LogP contribution in [0.3, 0.4) is 0 Å². The van der Waals surface area contributed by atoms with Gasteiger partial charge in [0.25, 0.3) is 0 Å². The first-order valence-electron chi connectivity index (χ1n) is 7.53. The van der Waals surface area contributed by atoms with Crippen molar-refractivity contribution >= 4 is 0 Å². The monoisotopic (exact) mass is 284 g/mol. The van der Waals surface area contributed by atoms with Crippen LogP contribution in [0.15, 0.2) is 36.5 Å². The molecule has 1 heterocycles. The molecule has 3 nitrogen and oxygen atoms in total. The summed E-state index contributed by atoms with van der Waals surface area (Å²) in [5, 5.41) is 3.34. The van der Waals surface area contributed by atoms with E-state index < -0.39 is 0 Å². The number of hydrogen-bond acceptors (Lipinski definition) is 3. The zero-order valence-corrected chi connectivity index (χ0v) is 13.1. The van der Waals surface area contributed by atoms with Gasteiger partial charge < -0.3 is 10.1 Å². The average Bonchev–Trinajstić information content (AvgIpc) is 2.50. The molecule has 3 heteroatoms. The Bertz CT molecular complexity index is 564. The van der Waals surface area contributed by atoms with Gasteiger partial charge in [-0.3, -0.25) is 4.98 Å². The first-order chi connectivity index (χ1) is 10.2. The Kier molecular flexibility index (Phi) is 5.76. The van der Waals surface area contributed by atoms with E-state index in [2.05, 4.69) is 49.3 Å². The smallest absolute Gasteiger partial charge is 0.138 e. The molecule has 0 amide bonds. The first-order valence-corrected chi connectivity index (χ1v) is 7.53. The number of rotatable bonds is 7. The minimum Gasteiger partial charge on any atom is -0.487 e. The number of nitrogens with zero attached hydrogens (tertiary/aromatic N) is 1.